The summed E-state index contributed by atoms with van der Waals surface area (Å²) in [6, 6.07) is 4.99. The smallest absolute Gasteiger partial charge is 0.308 e. The lowest BCUT2D eigenvalue weighted by Crippen LogP contribution is -2.25. The highest BCUT2D eigenvalue weighted by atomic mass is 16.6. The molecule has 0 aliphatic rings. The molecule has 0 unspecified atom stereocenters. The van der Waals surface area contributed by atoms with Gasteiger partial charge in [0.15, 0.2) is 11.5 Å². The second-order valence-electron chi connectivity index (χ2n) is 4.27. The lowest BCUT2D eigenvalue weighted by molar-refractivity contribution is -0.132. The Labute approximate surface area is 119 Å². The molecule has 0 saturated carbocycles. The second-order valence-corrected chi connectivity index (χ2v) is 4.27. The van der Waals surface area contributed by atoms with E-state index >= 15 is 0 Å². The van der Waals surface area contributed by atoms with E-state index in [-0.39, 0.29) is 11.7 Å². The Morgan fingerprint density at radius 1 is 1.25 bits per heavy atom. The zero-order valence-corrected chi connectivity index (χ0v) is 12.2. The fourth-order valence-electron chi connectivity index (χ4n) is 1.69. The SMILES string of the molecule is CCCCNC(=O)c1cccc(OCC)c1OC(C)=O. The van der Waals surface area contributed by atoms with Crippen LogP contribution < -0.4 is 14.8 Å². The molecule has 1 aromatic carbocycles. The highest BCUT2D eigenvalue weighted by molar-refractivity contribution is 5.98. The molecule has 1 rings (SSSR count). The van der Waals surface area contributed by atoms with Gasteiger partial charge in [0, 0.05) is 13.5 Å². The number of hydrogen-bond acceptors (Lipinski definition) is 4. The molecule has 0 spiro atoms. The van der Waals surface area contributed by atoms with Gasteiger partial charge in [0.1, 0.15) is 0 Å². The Bertz CT molecular complexity index is 471. The van der Waals surface area contributed by atoms with E-state index < -0.39 is 5.97 Å². The molecule has 0 radical (unpaired) electrons. The van der Waals surface area contributed by atoms with Crippen LogP contribution in [-0.4, -0.2) is 25.0 Å². The maximum absolute atomic E-state index is 12.1. The summed E-state index contributed by atoms with van der Waals surface area (Å²) >= 11 is 0. The zero-order valence-electron chi connectivity index (χ0n) is 12.2. The molecule has 0 aliphatic carbocycles. The maximum Gasteiger partial charge on any atom is 0.308 e. The fourth-order valence-corrected chi connectivity index (χ4v) is 1.69. The molecular formula is C15H21NO4. The Balaban J connectivity index is 3.00. The molecular weight excluding hydrogens is 258 g/mol. The summed E-state index contributed by atoms with van der Waals surface area (Å²) in [4.78, 5) is 23.3. The molecule has 5 nitrogen and oxygen atoms in total. The Morgan fingerprint density at radius 2 is 2.00 bits per heavy atom. The highest BCUT2D eigenvalue weighted by Crippen LogP contribution is 2.31. The van der Waals surface area contributed by atoms with Crippen molar-refractivity contribution in [3.8, 4) is 11.5 Å². The maximum atomic E-state index is 12.1. The third-order valence-corrected chi connectivity index (χ3v) is 2.59. The fraction of sp³-hybridized carbons (Fsp3) is 0.467. The number of carbonyl (C=O) groups is 2. The van der Waals surface area contributed by atoms with E-state index in [1.165, 1.54) is 6.92 Å². The van der Waals surface area contributed by atoms with Crippen molar-refractivity contribution in [2.24, 2.45) is 0 Å². The minimum Gasteiger partial charge on any atom is -0.490 e. The topological polar surface area (TPSA) is 64.6 Å². The van der Waals surface area contributed by atoms with Crippen molar-refractivity contribution in [2.45, 2.75) is 33.6 Å². The third kappa shape index (κ3) is 4.57. The van der Waals surface area contributed by atoms with E-state index in [9.17, 15) is 9.59 Å². The molecule has 20 heavy (non-hydrogen) atoms. The number of benzene rings is 1. The molecule has 1 N–H and O–H groups in total. The lowest BCUT2D eigenvalue weighted by atomic mass is 10.1. The van der Waals surface area contributed by atoms with E-state index in [1.807, 2.05) is 13.8 Å². The van der Waals surface area contributed by atoms with Crippen LogP contribution in [0.25, 0.3) is 0 Å². The number of nitrogens with one attached hydrogen (secondary N) is 1. The van der Waals surface area contributed by atoms with E-state index in [0.29, 0.717) is 24.5 Å². The molecule has 0 aliphatic heterocycles. The molecule has 0 bridgehead atoms. The number of rotatable bonds is 7. The first-order chi connectivity index (χ1) is 9.60. The van der Waals surface area contributed by atoms with Gasteiger partial charge in [-0.15, -0.1) is 0 Å². The van der Waals surface area contributed by atoms with E-state index in [2.05, 4.69) is 5.32 Å². The molecule has 0 saturated heterocycles. The standard InChI is InChI=1S/C15H21NO4/c1-4-6-10-16-15(18)12-8-7-9-13(19-5-2)14(12)20-11(3)17/h7-9H,4-6,10H2,1-3H3,(H,16,18). The van der Waals surface area contributed by atoms with Crippen LogP contribution in [-0.2, 0) is 4.79 Å². The normalized spacial score (nSPS) is 9.95. The van der Waals surface area contributed by atoms with Crippen LogP contribution in [0.2, 0.25) is 0 Å². The van der Waals surface area contributed by atoms with Crippen molar-refractivity contribution in [3.63, 3.8) is 0 Å². The van der Waals surface area contributed by atoms with E-state index in [1.54, 1.807) is 18.2 Å². The van der Waals surface area contributed by atoms with Gasteiger partial charge >= 0.3 is 5.97 Å². The van der Waals surface area contributed by atoms with Gasteiger partial charge in [-0.1, -0.05) is 19.4 Å². The summed E-state index contributed by atoms with van der Waals surface area (Å²) in [5.41, 5.74) is 0.308. The molecule has 0 fully saturated rings. The molecule has 1 amide bonds. The molecule has 110 valence electrons. The minimum absolute atomic E-state index is 0.177. The number of esters is 1. The van der Waals surface area contributed by atoms with Crippen molar-refractivity contribution < 1.29 is 19.1 Å². The van der Waals surface area contributed by atoms with Gasteiger partial charge in [-0.2, -0.15) is 0 Å². The molecule has 0 heterocycles. The van der Waals surface area contributed by atoms with Gasteiger partial charge in [-0.25, -0.2) is 0 Å². The minimum atomic E-state index is -0.486. The van der Waals surface area contributed by atoms with Gasteiger partial charge in [-0.3, -0.25) is 9.59 Å². The Hall–Kier alpha value is -2.04. The van der Waals surface area contributed by atoms with Crippen LogP contribution in [0.15, 0.2) is 18.2 Å². The van der Waals surface area contributed by atoms with E-state index in [0.717, 1.165) is 12.8 Å². The van der Waals surface area contributed by atoms with Gasteiger partial charge in [0.05, 0.1) is 12.2 Å². The number of amides is 1. The summed E-state index contributed by atoms with van der Waals surface area (Å²) in [6.07, 6.45) is 1.90. The lowest BCUT2D eigenvalue weighted by Gasteiger charge is -2.13. The van der Waals surface area contributed by atoms with Gasteiger partial charge < -0.3 is 14.8 Å². The van der Waals surface area contributed by atoms with Crippen LogP contribution >= 0.6 is 0 Å². The molecule has 1 aromatic rings. The first-order valence-corrected chi connectivity index (χ1v) is 6.82. The van der Waals surface area contributed by atoms with Crippen molar-refractivity contribution in [1.82, 2.24) is 5.32 Å². The summed E-state index contributed by atoms with van der Waals surface area (Å²) in [5.74, 6) is -0.183. The van der Waals surface area contributed by atoms with Crippen LogP contribution in [0, 0.1) is 0 Å². The summed E-state index contributed by atoms with van der Waals surface area (Å²) in [7, 11) is 0. The van der Waals surface area contributed by atoms with Crippen molar-refractivity contribution in [1.29, 1.82) is 0 Å². The predicted molar refractivity (Wildman–Crippen MR) is 76.2 cm³/mol. The summed E-state index contributed by atoms with van der Waals surface area (Å²) < 4.78 is 10.5. The van der Waals surface area contributed by atoms with Crippen molar-refractivity contribution in [2.75, 3.05) is 13.2 Å². The van der Waals surface area contributed by atoms with Crippen LogP contribution in [0.5, 0.6) is 11.5 Å². The number of hydrogen-bond donors (Lipinski definition) is 1. The van der Waals surface area contributed by atoms with Gasteiger partial charge in [0.25, 0.3) is 5.91 Å². The average molecular weight is 279 g/mol. The second kappa shape index (κ2) is 8.19. The van der Waals surface area contributed by atoms with Crippen molar-refractivity contribution >= 4 is 11.9 Å². The van der Waals surface area contributed by atoms with E-state index in [4.69, 9.17) is 9.47 Å². The Kier molecular flexibility index (Phi) is 6.56. The van der Waals surface area contributed by atoms with Gasteiger partial charge in [0.2, 0.25) is 0 Å². The largest absolute Gasteiger partial charge is 0.490 e. The van der Waals surface area contributed by atoms with Crippen LogP contribution in [0.4, 0.5) is 0 Å². The number of para-hydroxylation sites is 1. The summed E-state index contributed by atoms with van der Waals surface area (Å²) in [5, 5.41) is 2.80. The van der Waals surface area contributed by atoms with Gasteiger partial charge in [-0.05, 0) is 25.5 Å². The zero-order chi connectivity index (χ0) is 15.0. The number of ether oxygens (including phenoxy) is 2. The average Bonchev–Trinajstić information content (AvgIpc) is 2.40. The first-order valence-electron chi connectivity index (χ1n) is 6.82. The monoisotopic (exact) mass is 279 g/mol. The van der Waals surface area contributed by atoms with Crippen LogP contribution in [0.3, 0.4) is 0 Å². The number of carbonyl (C=O) groups excluding carboxylic acids is 2. The first kappa shape index (κ1) is 16.0. The third-order valence-electron chi connectivity index (χ3n) is 2.59. The molecule has 0 atom stereocenters. The molecule has 5 heteroatoms. The molecule has 0 aromatic heterocycles. The predicted octanol–water partition coefficient (Wildman–Crippen LogP) is 2.54. The number of unbranched alkanes of at least 4 members (excludes halogenated alkanes) is 1. The Morgan fingerprint density at radius 3 is 2.60 bits per heavy atom. The van der Waals surface area contributed by atoms with Crippen LogP contribution in [0.1, 0.15) is 44.0 Å². The quantitative estimate of drug-likeness (QED) is 0.473. The highest BCUT2D eigenvalue weighted by Gasteiger charge is 2.18. The summed E-state index contributed by atoms with van der Waals surface area (Å²) in [6.45, 7) is 6.18. The van der Waals surface area contributed by atoms with Crippen molar-refractivity contribution in [3.05, 3.63) is 23.8 Å².